The van der Waals surface area contributed by atoms with Crippen molar-refractivity contribution in [1.82, 2.24) is 0 Å². The molecular weight excluding hydrogens is 282 g/mol. The van der Waals surface area contributed by atoms with Gasteiger partial charge in [0.1, 0.15) is 12.4 Å². The van der Waals surface area contributed by atoms with Gasteiger partial charge in [-0.2, -0.15) is 0 Å². The van der Waals surface area contributed by atoms with E-state index in [0.717, 1.165) is 15.2 Å². The molecule has 2 aromatic rings. The molecule has 0 aliphatic rings. The Labute approximate surface area is 109 Å². The maximum atomic E-state index is 6.08. The normalized spacial score (nSPS) is 10.7. The zero-order chi connectivity index (χ0) is 12.3. The third-order valence-electron chi connectivity index (χ3n) is 2.53. The molecule has 90 valence electrons. The predicted octanol–water partition coefficient (Wildman–Crippen LogP) is 3.21. The molecule has 0 radical (unpaired) electrons. The molecule has 0 saturated heterocycles. The van der Waals surface area contributed by atoms with E-state index in [4.69, 9.17) is 15.2 Å². The van der Waals surface area contributed by atoms with Gasteiger partial charge in [-0.15, -0.1) is 0 Å². The van der Waals surface area contributed by atoms with Crippen LogP contribution >= 0.6 is 15.9 Å². The Morgan fingerprint density at radius 1 is 1.18 bits per heavy atom. The molecule has 0 bridgehead atoms. The van der Waals surface area contributed by atoms with Crippen molar-refractivity contribution in [3.05, 3.63) is 34.8 Å². The molecule has 2 aromatic carbocycles. The molecule has 4 heteroatoms. The number of rotatable bonds is 4. The molecular formula is C13H14BrNO2. The molecule has 3 nitrogen and oxygen atoms in total. The fourth-order valence-corrected chi connectivity index (χ4v) is 2.02. The quantitative estimate of drug-likeness (QED) is 0.696. The van der Waals surface area contributed by atoms with Crippen LogP contribution in [0.25, 0.3) is 10.8 Å². The molecule has 0 heterocycles. The molecule has 0 aromatic heterocycles. The number of methoxy groups -OCH3 is 1. The summed E-state index contributed by atoms with van der Waals surface area (Å²) in [6.45, 7) is 1.05. The van der Waals surface area contributed by atoms with Crippen LogP contribution in [-0.4, -0.2) is 20.3 Å². The molecule has 0 amide bonds. The molecule has 0 unspecified atom stereocenters. The minimum absolute atomic E-state index is 0.500. The van der Waals surface area contributed by atoms with Gasteiger partial charge in [0.05, 0.1) is 12.3 Å². The standard InChI is InChI=1S/C13H14BrNO2/c1-16-6-7-17-12-5-3-9-2-4-10(14)8-11(9)13(12)15/h2-5,8H,6-7,15H2,1H3. The Balaban J connectivity index is 2.35. The maximum absolute atomic E-state index is 6.08. The average molecular weight is 296 g/mol. The zero-order valence-corrected chi connectivity index (χ0v) is 11.2. The summed E-state index contributed by atoms with van der Waals surface area (Å²) in [6.07, 6.45) is 0. The van der Waals surface area contributed by atoms with E-state index >= 15 is 0 Å². The van der Waals surface area contributed by atoms with Crippen molar-refractivity contribution >= 4 is 32.4 Å². The van der Waals surface area contributed by atoms with Crippen LogP contribution in [0.2, 0.25) is 0 Å². The number of hydrogen-bond donors (Lipinski definition) is 1. The first-order valence-corrected chi connectivity index (χ1v) is 6.11. The fraction of sp³-hybridized carbons (Fsp3) is 0.231. The average Bonchev–Trinajstić information content (AvgIpc) is 2.33. The van der Waals surface area contributed by atoms with Gasteiger partial charge in [0.2, 0.25) is 0 Å². The van der Waals surface area contributed by atoms with Crippen LogP contribution in [0.1, 0.15) is 0 Å². The molecule has 0 spiro atoms. The smallest absolute Gasteiger partial charge is 0.142 e. The highest BCUT2D eigenvalue weighted by atomic mass is 79.9. The summed E-state index contributed by atoms with van der Waals surface area (Å²) < 4.78 is 11.5. The van der Waals surface area contributed by atoms with E-state index in [2.05, 4.69) is 15.9 Å². The first-order valence-electron chi connectivity index (χ1n) is 5.32. The first kappa shape index (κ1) is 12.2. The van der Waals surface area contributed by atoms with Crippen LogP contribution in [0.3, 0.4) is 0 Å². The van der Waals surface area contributed by atoms with Crippen molar-refractivity contribution < 1.29 is 9.47 Å². The molecule has 0 aliphatic carbocycles. The van der Waals surface area contributed by atoms with Crippen LogP contribution in [0, 0.1) is 0 Å². The summed E-state index contributed by atoms with van der Waals surface area (Å²) in [7, 11) is 1.64. The lowest BCUT2D eigenvalue weighted by atomic mass is 10.1. The number of fused-ring (bicyclic) bond motifs is 1. The SMILES string of the molecule is COCCOc1ccc2ccc(Br)cc2c1N. The summed E-state index contributed by atoms with van der Waals surface area (Å²) in [5, 5.41) is 2.10. The van der Waals surface area contributed by atoms with E-state index in [0.29, 0.717) is 24.7 Å². The highest BCUT2D eigenvalue weighted by Gasteiger charge is 2.05. The lowest BCUT2D eigenvalue weighted by Gasteiger charge is -2.11. The fourth-order valence-electron chi connectivity index (χ4n) is 1.66. The zero-order valence-electron chi connectivity index (χ0n) is 9.57. The van der Waals surface area contributed by atoms with Gasteiger partial charge in [-0.25, -0.2) is 0 Å². The molecule has 2 N–H and O–H groups in total. The number of benzene rings is 2. The molecule has 0 aliphatic heterocycles. The number of hydrogen-bond acceptors (Lipinski definition) is 3. The summed E-state index contributed by atoms with van der Waals surface area (Å²) >= 11 is 3.44. The van der Waals surface area contributed by atoms with E-state index < -0.39 is 0 Å². The van der Waals surface area contributed by atoms with Crippen LogP contribution in [0.15, 0.2) is 34.8 Å². The van der Waals surface area contributed by atoms with Crippen molar-refractivity contribution in [2.24, 2.45) is 0 Å². The summed E-state index contributed by atoms with van der Waals surface area (Å²) in [6, 6.07) is 9.90. The van der Waals surface area contributed by atoms with Crippen molar-refractivity contribution in [1.29, 1.82) is 0 Å². The predicted molar refractivity (Wildman–Crippen MR) is 73.4 cm³/mol. The van der Waals surface area contributed by atoms with Gasteiger partial charge in [0.25, 0.3) is 0 Å². The minimum atomic E-state index is 0.500. The third-order valence-corrected chi connectivity index (χ3v) is 3.02. The van der Waals surface area contributed by atoms with Gasteiger partial charge in [-0.05, 0) is 23.6 Å². The van der Waals surface area contributed by atoms with E-state index in [1.165, 1.54) is 0 Å². The largest absolute Gasteiger partial charge is 0.489 e. The first-order chi connectivity index (χ1) is 8.22. The van der Waals surface area contributed by atoms with E-state index in [-0.39, 0.29) is 0 Å². The number of nitrogen functional groups attached to an aromatic ring is 1. The van der Waals surface area contributed by atoms with Crippen LogP contribution in [0.5, 0.6) is 5.75 Å². The van der Waals surface area contributed by atoms with Gasteiger partial charge in [-0.3, -0.25) is 0 Å². The number of ether oxygens (including phenoxy) is 2. The van der Waals surface area contributed by atoms with Crippen LogP contribution in [-0.2, 0) is 4.74 Å². The lowest BCUT2D eigenvalue weighted by Crippen LogP contribution is -2.06. The minimum Gasteiger partial charge on any atom is -0.489 e. The van der Waals surface area contributed by atoms with Crippen LogP contribution < -0.4 is 10.5 Å². The second-order valence-electron chi connectivity index (χ2n) is 3.68. The molecule has 17 heavy (non-hydrogen) atoms. The summed E-state index contributed by atoms with van der Waals surface area (Å²) in [5.41, 5.74) is 6.75. The van der Waals surface area contributed by atoms with Crippen molar-refractivity contribution in [2.75, 3.05) is 26.1 Å². The Hall–Kier alpha value is -1.26. The Morgan fingerprint density at radius 2 is 1.94 bits per heavy atom. The van der Waals surface area contributed by atoms with Crippen LogP contribution in [0.4, 0.5) is 5.69 Å². The summed E-state index contributed by atoms with van der Waals surface area (Å²) in [4.78, 5) is 0. The van der Waals surface area contributed by atoms with Gasteiger partial charge >= 0.3 is 0 Å². The molecule has 2 rings (SSSR count). The van der Waals surface area contributed by atoms with E-state index in [9.17, 15) is 0 Å². The molecule has 0 fully saturated rings. The van der Waals surface area contributed by atoms with E-state index in [1.807, 2.05) is 30.3 Å². The Morgan fingerprint density at radius 3 is 2.71 bits per heavy atom. The highest BCUT2D eigenvalue weighted by molar-refractivity contribution is 9.10. The second-order valence-corrected chi connectivity index (χ2v) is 4.60. The third kappa shape index (κ3) is 2.70. The monoisotopic (exact) mass is 295 g/mol. The Kier molecular flexibility index (Phi) is 3.86. The second kappa shape index (κ2) is 5.38. The van der Waals surface area contributed by atoms with Gasteiger partial charge < -0.3 is 15.2 Å². The highest BCUT2D eigenvalue weighted by Crippen LogP contribution is 2.32. The van der Waals surface area contributed by atoms with Crippen molar-refractivity contribution in [2.45, 2.75) is 0 Å². The molecule has 0 saturated carbocycles. The van der Waals surface area contributed by atoms with Gasteiger partial charge in [-0.1, -0.05) is 28.1 Å². The number of halogens is 1. The molecule has 0 atom stereocenters. The van der Waals surface area contributed by atoms with Crippen molar-refractivity contribution in [3.8, 4) is 5.75 Å². The lowest BCUT2D eigenvalue weighted by molar-refractivity contribution is 0.147. The van der Waals surface area contributed by atoms with Gasteiger partial charge in [0.15, 0.2) is 0 Å². The maximum Gasteiger partial charge on any atom is 0.142 e. The number of anilines is 1. The number of nitrogens with two attached hydrogens (primary N) is 1. The topological polar surface area (TPSA) is 44.5 Å². The Bertz CT molecular complexity index is 528. The summed E-state index contributed by atoms with van der Waals surface area (Å²) in [5.74, 6) is 0.702. The van der Waals surface area contributed by atoms with Crippen molar-refractivity contribution in [3.63, 3.8) is 0 Å². The van der Waals surface area contributed by atoms with Gasteiger partial charge in [0, 0.05) is 17.0 Å². The van der Waals surface area contributed by atoms with E-state index in [1.54, 1.807) is 7.11 Å².